The van der Waals surface area contributed by atoms with Crippen LogP contribution in [-0.4, -0.2) is 52.7 Å². The molecule has 150 valence electrons. The van der Waals surface area contributed by atoms with Crippen LogP contribution >= 0.6 is 11.3 Å². The van der Waals surface area contributed by atoms with Crippen LogP contribution < -0.4 is 5.32 Å². The second-order valence-corrected chi connectivity index (χ2v) is 8.79. The normalized spacial score (nSPS) is 16.6. The number of nitrogens with zero attached hydrogens (tertiary/aromatic N) is 1. The molecular formula is C19H28N2O5S. The van der Waals surface area contributed by atoms with Crippen molar-refractivity contribution in [2.45, 2.75) is 64.0 Å². The number of thiophene rings is 1. The summed E-state index contributed by atoms with van der Waals surface area (Å²) in [5, 5.41) is 13.9. The zero-order valence-electron chi connectivity index (χ0n) is 16.1. The van der Waals surface area contributed by atoms with Crippen molar-refractivity contribution in [1.29, 1.82) is 0 Å². The highest BCUT2D eigenvalue weighted by Crippen LogP contribution is 2.29. The summed E-state index contributed by atoms with van der Waals surface area (Å²) in [4.78, 5) is 38.3. The summed E-state index contributed by atoms with van der Waals surface area (Å²) in [6.45, 7) is 6.53. The quantitative estimate of drug-likeness (QED) is 0.770. The number of carbonyl (C=O) groups is 3. The van der Waals surface area contributed by atoms with Gasteiger partial charge in [-0.3, -0.25) is 9.59 Å². The summed E-state index contributed by atoms with van der Waals surface area (Å²) in [5.41, 5.74) is -0.540. The molecule has 0 aromatic carbocycles. The van der Waals surface area contributed by atoms with Crippen molar-refractivity contribution in [1.82, 2.24) is 10.2 Å². The van der Waals surface area contributed by atoms with E-state index in [0.717, 1.165) is 4.88 Å². The zero-order valence-corrected chi connectivity index (χ0v) is 16.9. The van der Waals surface area contributed by atoms with Gasteiger partial charge in [-0.2, -0.15) is 0 Å². The van der Waals surface area contributed by atoms with Crippen LogP contribution in [0.15, 0.2) is 17.5 Å². The third kappa shape index (κ3) is 7.21. The lowest BCUT2D eigenvalue weighted by molar-refractivity contribution is -0.138. The van der Waals surface area contributed by atoms with Gasteiger partial charge >= 0.3 is 12.1 Å². The molecule has 1 aliphatic heterocycles. The first-order valence-electron chi connectivity index (χ1n) is 9.16. The van der Waals surface area contributed by atoms with E-state index in [4.69, 9.17) is 9.84 Å². The predicted molar refractivity (Wildman–Crippen MR) is 103 cm³/mol. The SMILES string of the molecule is CC(C)(C)OC(=O)NC1CCN(C(=O)CC(CC(=O)O)c2cccs2)CC1. The van der Waals surface area contributed by atoms with Crippen LogP contribution in [0.25, 0.3) is 0 Å². The summed E-state index contributed by atoms with van der Waals surface area (Å²) < 4.78 is 5.26. The van der Waals surface area contributed by atoms with Crippen LogP contribution in [0.1, 0.15) is 57.2 Å². The van der Waals surface area contributed by atoms with Crippen molar-refractivity contribution in [3.05, 3.63) is 22.4 Å². The van der Waals surface area contributed by atoms with E-state index in [1.165, 1.54) is 11.3 Å². The highest BCUT2D eigenvalue weighted by atomic mass is 32.1. The molecule has 1 atom stereocenters. The Kier molecular flexibility index (Phi) is 7.24. The molecule has 2 rings (SSSR count). The molecule has 2 N–H and O–H groups in total. The molecule has 0 aliphatic carbocycles. The van der Waals surface area contributed by atoms with Gasteiger partial charge in [0.25, 0.3) is 0 Å². The molecule has 1 aromatic heterocycles. The van der Waals surface area contributed by atoms with Gasteiger partial charge < -0.3 is 20.1 Å². The third-order valence-corrected chi connectivity index (χ3v) is 5.39. The molecule has 0 saturated carbocycles. The van der Waals surface area contributed by atoms with Gasteiger partial charge in [0.1, 0.15) is 5.60 Å². The number of ether oxygens (including phenoxy) is 1. The van der Waals surface area contributed by atoms with Crippen LogP contribution in [0.5, 0.6) is 0 Å². The molecule has 1 fully saturated rings. The Balaban J connectivity index is 1.83. The average Bonchev–Trinajstić information content (AvgIpc) is 3.07. The largest absolute Gasteiger partial charge is 0.481 e. The fourth-order valence-electron chi connectivity index (χ4n) is 3.10. The lowest BCUT2D eigenvalue weighted by atomic mass is 9.97. The minimum atomic E-state index is -0.901. The second-order valence-electron chi connectivity index (χ2n) is 7.82. The Hall–Kier alpha value is -2.09. The maximum absolute atomic E-state index is 12.6. The van der Waals surface area contributed by atoms with Gasteiger partial charge in [-0.25, -0.2) is 4.79 Å². The number of aliphatic carboxylic acids is 1. The van der Waals surface area contributed by atoms with Gasteiger partial charge in [-0.1, -0.05) is 6.07 Å². The maximum atomic E-state index is 12.6. The van der Waals surface area contributed by atoms with Gasteiger partial charge in [-0.15, -0.1) is 11.3 Å². The molecule has 1 aromatic rings. The van der Waals surface area contributed by atoms with E-state index in [1.807, 2.05) is 38.3 Å². The van der Waals surface area contributed by atoms with Gasteiger partial charge in [0.05, 0.1) is 6.42 Å². The minimum Gasteiger partial charge on any atom is -0.481 e. The van der Waals surface area contributed by atoms with E-state index < -0.39 is 17.7 Å². The van der Waals surface area contributed by atoms with Crippen LogP contribution in [0, 0.1) is 0 Å². The smallest absolute Gasteiger partial charge is 0.407 e. The van der Waals surface area contributed by atoms with Crippen LogP contribution in [0.4, 0.5) is 4.79 Å². The zero-order chi connectivity index (χ0) is 20.0. The molecule has 1 aliphatic rings. The van der Waals surface area contributed by atoms with Gasteiger partial charge in [0.15, 0.2) is 0 Å². The van der Waals surface area contributed by atoms with Crippen LogP contribution in [-0.2, 0) is 14.3 Å². The highest BCUT2D eigenvalue weighted by molar-refractivity contribution is 7.10. The summed E-state index contributed by atoms with van der Waals surface area (Å²) in [6, 6.07) is 3.73. The molecule has 27 heavy (non-hydrogen) atoms. The van der Waals surface area contributed by atoms with Crippen molar-refractivity contribution in [2.24, 2.45) is 0 Å². The Morgan fingerprint density at radius 2 is 1.96 bits per heavy atom. The van der Waals surface area contributed by atoms with E-state index in [0.29, 0.717) is 25.9 Å². The number of hydrogen-bond acceptors (Lipinski definition) is 5. The summed E-state index contributed by atoms with van der Waals surface area (Å²) in [7, 11) is 0. The van der Waals surface area contributed by atoms with Crippen molar-refractivity contribution in [3.63, 3.8) is 0 Å². The number of alkyl carbamates (subject to hydrolysis) is 1. The molecule has 2 heterocycles. The van der Waals surface area contributed by atoms with Crippen LogP contribution in [0.2, 0.25) is 0 Å². The van der Waals surface area contributed by atoms with E-state index in [9.17, 15) is 14.4 Å². The summed E-state index contributed by atoms with van der Waals surface area (Å²) in [6.07, 6.45) is 1.02. The molecule has 7 nitrogen and oxygen atoms in total. The first-order chi connectivity index (χ1) is 12.6. The Morgan fingerprint density at radius 3 is 2.48 bits per heavy atom. The van der Waals surface area contributed by atoms with Crippen molar-refractivity contribution in [2.75, 3.05) is 13.1 Å². The molecule has 0 bridgehead atoms. The molecule has 1 unspecified atom stereocenters. The standard InChI is InChI=1S/C19H28N2O5S/c1-19(2,3)26-18(25)20-14-6-8-21(9-7-14)16(22)11-13(12-17(23)24)15-5-4-10-27-15/h4-5,10,13-14H,6-9,11-12H2,1-3H3,(H,20,25)(H,23,24). The van der Waals surface area contributed by atoms with E-state index in [1.54, 1.807) is 4.90 Å². The van der Waals surface area contributed by atoms with Crippen LogP contribution in [0.3, 0.4) is 0 Å². The molecule has 0 radical (unpaired) electrons. The van der Waals surface area contributed by atoms with Crippen molar-refractivity contribution in [3.8, 4) is 0 Å². The van der Waals surface area contributed by atoms with Gasteiger partial charge in [-0.05, 0) is 45.1 Å². The van der Waals surface area contributed by atoms with Gasteiger partial charge in [0, 0.05) is 36.3 Å². The fraction of sp³-hybridized carbons (Fsp3) is 0.632. The third-order valence-electron chi connectivity index (χ3n) is 4.36. The van der Waals surface area contributed by atoms with E-state index in [2.05, 4.69) is 5.32 Å². The lowest BCUT2D eigenvalue weighted by Crippen LogP contribution is -2.47. The highest BCUT2D eigenvalue weighted by Gasteiger charge is 2.28. The first-order valence-corrected chi connectivity index (χ1v) is 10.0. The molecule has 8 heteroatoms. The Bertz CT molecular complexity index is 646. The average molecular weight is 397 g/mol. The molecular weight excluding hydrogens is 368 g/mol. The number of nitrogens with one attached hydrogen (secondary N) is 1. The Labute approximate surface area is 163 Å². The van der Waals surface area contributed by atoms with E-state index in [-0.39, 0.29) is 30.7 Å². The number of carboxylic acids is 1. The topological polar surface area (TPSA) is 95.9 Å². The van der Waals surface area contributed by atoms with Crippen molar-refractivity contribution >= 4 is 29.3 Å². The monoisotopic (exact) mass is 396 g/mol. The Morgan fingerprint density at radius 1 is 1.30 bits per heavy atom. The summed E-state index contributed by atoms with van der Waals surface area (Å²) in [5.74, 6) is -1.24. The summed E-state index contributed by atoms with van der Waals surface area (Å²) >= 11 is 1.48. The van der Waals surface area contributed by atoms with Gasteiger partial charge in [0.2, 0.25) is 5.91 Å². The number of rotatable bonds is 6. The van der Waals surface area contributed by atoms with Crippen molar-refractivity contribution < 1.29 is 24.2 Å². The number of amides is 2. The maximum Gasteiger partial charge on any atom is 0.407 e. The number of hydrogen-bond donors (Lipinski definition) is 2. The molecule has 1 saturated heterocycles. The first kappa shape index (κ1) is 21.2. The molecule has 0 spiro atoms. The predicted octanol–water partition coefficient (Wildman–Crippen LogP) is 3.21. The second kappa shape index (κ2) is 9.21. The lowest BCUT2D eigenvalue weighted by Gasteiger charge is -2.33. The van der Waals surface area contributed by atoms with E-state index >= 15 is 0 Å². The molecule has 2 amide bonds. The number of piperidine rings is 1. The number of carbonyl (C=O) groups excluding carboxylic acids is 2. The number of carboxylic acid groups (broad SMARTS) is 1. The fourth-order valence-corrected chi connectivity index (χ4v) is 3.93. The minimum absolute atomic E-state index is 0.0176. The number of likely N-dealkylation sites (tertiary alicyclic amines) is 1.